The second kappa shape index (κ2) is 6.23. The molecule has 1 aliphatic carbocycles. The Morgan fingerprint density at radius 1 is 1.50 bits per heavy atom. The first kappa shape index (κ1) is 13.4. The van der Waals surface area contributed by atoms with Crippen molar-refractivity contribution in [2.24, 2.45) is 0 Å². The molecule has 0 spiro atoms. The molecule has 1 unspecified atom stereocenters. The van der Waals surface area contributed by atoms with Crippen LogP contribution in [0.25, 0.3) is 0 Å². The second-order valence-electron chi connectivity index (χ2n) is 4.86. The third-order valence-electron chi connectivity index (χ3n) is 3.27. The predicted molar refractivity (Wildman–Crippen MR) is 75.4 cm³/mol. The molecule has 1 heterocycles. The zero-order valence-corrected chi connectivity index (χ0v) is 11.8. The minimum absolute atomic E-state index is 0.288. The summed E-state index contributed by atoms with van der Waals surface area (Å²) in [6.45, 7) is 2.84. The van der Waals surface area contributed by atoms with Gasteiger partial charge in [-0.2, -0.15) is 11.8 Å². The number of hydrogen-bond donors (Lipinski definition) is 0. The van der Waals surface area contributed by atoms with E-state index in [4.69, 9.17) is 0 Å². The molecule has 0 bridgehead atoms. The number of hydrogen-bond acceptors (Lipinski definition) is 3. The smallest absolute Gasteiger partial charge is 0.224 e. The Kier molecular flexibility index (Phi) is 4.64. The molecule has 1 fully saturated rings. The van der Waals surface area contributed by atoms with Gasteiger partial charge in [-0.3, -0.25) is 9.78 Å². The molecule has 1 aromatic rings. The van der Waals surface area contributed by atoms with Gasteiger partial charge in [0.2, 0.25) is 5.91 Å². The van der Waals surface area contributed by atoms with E-state index >= 15 is 0 Å². The molecule has 0 radical (unpaired) electrons. The highest BCUT2D eigenvalue weighted by molar-refractivity contribution is 7.99. The van der Waals surface area contributed by atoms with Gasteiger partial charge in [-0.05, 0) is 36.8 Å². The van der Waals surface area contributed by atoms with Crippen LogP contribution in [0.1, 0.15) is 31.7 Å². The van der Waals surface area contributed by atoms with E-state index in [-0.39, 0.29) is 5.91 Å². The van der Waals surface area contributed by atoms with Crippen LogP contribution in [0.5, 0.6) is 0 Å². The summed E-state index contributed by atoms with van der Waals surface area (Å²) >= 11 is 1.75. The fourth-order valence-electron chi connectivity index (χ4n) is 1.94. The van der Waals surface area contributed by atoms with Gasteiger partial charge in [-0.15, -0.1) is 0 Å². The monoisotopic (exact) mass is 264 g/mol. The summed E-state index contributed by atoms with van der Waals surface area (Å²) in [5, 5.41) is 0.399. The maximum absolute atomic E-state index is 12.3. The lowest BCUT2D eigenvalue weighted by Crippen LogP contribution is -2.33. The van der Waals surface area contributed by atoms with E-state index in [1.807, 2.05) is 17.0 Å². The third kappa shape index (κ3) is 3.73. The summed E-state index contributed by atoms with van der Waals surface area (Å²) < 4.78 is 0. The van der Waals surface area contributed by atoms with Gasteiger partial charge in [0, 0.05) is 36.7 Å². The highest BCUT2D eigenvalue weighted by Crippen LogP contribution is 2.29. The molecule has 1 saturated carbocycles. The van der Waals surface area contributed by atoms with E-state index in [0.717, 1.165) is 19.4 Å². The van der Waals surface area contributed by atoms with Gasteiger partial charge in [0.25, 0.3) is 0 Å². The van der Waals surface area contributed by atoms with E-state index in [9.17, 15) is 4.79 Å². The average Bonchev–Trinajstić information content (AvgIpc) is 3.21. The van der Waals surface area contributed by atoms with Gasteiger partial charge in [-0.25, -0.2) is 0 Å². The lowest BCUT2D eigenvalue weighted by Gasteiger charge is -2.23. The summed E-state index contributed by atoms with van der Waals surface area (Å²) in [7, 11) is 0. The molecule has 1 atom stereocenters. The Bertz CT molecular complexity index is 392. The van der Waals surface area contributed by atoms with Crippen molar-refractivity contribution in [2.75, 3.05) is 6.26 Å². The molecule has 98 valence electrons. The van der Waals surface area contributed by atoms with Gasteiger partial charge in [0.1, 0.15) is 0 Å². The van der Waals surface area contributed by atoms with E-state index < -0.39 is 0 Å². The molecule has 0 aliphatic heterocycles. The molecule has 1 aliphatic rings. The molecule has 1 amide bonds. The van der Waals surface area contributed by atoms with Crippen molar-refractivity contribution in [1.29, 1.82) is 0 Å². The SMILES string of the molecule is CSC(C)CC(=O)N(Cc1ccncc1)C1CC1. The van der Waals surface area contributed by atoms with Gasteiger partial charge < -0.3 is 4.90 Å². The zero-order chi connectivity index (χ0) is 13.0. The Morgan fingerprint density at radius 3 is 2.72 bits per heavy atom. The topological polar surface area (TPSA) is 33.2 Å². The maximum Gasteiger partial charge on any atom is 0.224 e. The van der Waals surface area contributed by atoms with Crippen molar-refractivity contribution in [1.82, 2.24) is 9.88 Å². The van der Waals surface area contributed by atoms with Gasteiger partial charge in [-0.1, -0.05) is 6.92 Å². The normalized spacial score (nSPS) is 16.3. The summed E-state index contributed by atoms with van der Waals surface area (Å²) in [6.07, 6.45) is 8.59. The maximum atomic E-state index is 12.3. The van der Waals surface area contributed by atoms with Gasteiger partial charge in [0.05, 0.1) is 0 Å². The van der Waals surface area contributed by atoms with Crippen molar-refractivity contribution in [3.8, 4) is 0 Å². The predicted octanol–water partition coefficient (Wildman–Crippen LogP) is 2.71. The first-order valence-electron chi connectivity index (χ1n) is 6.42. The lowest BCUT2D eigenvalue weighted by molar-refractivity contribution is -0.132. The summed E-state index contributed by atoms with van der Waals surface area (Å²) in [5.41, 5.74) is 1.17. The highest BCUT2D eigenvalue weighted by atomic mass is 32.2. The van der Waals surface area contributed by atoms with Crippen LogP contribution in [0.15, 0.2) is 24.5 Å². The van der Waals surface area contributed by atoms with Crippen LogP contribution in [0.4, 0.5) is 0 Å². The minimum Gasteiger partial charge on any atom is -0.335 e. The Morgan fingerprint density at radius 2 is 2.17 bits per heavy atom. The van der Waals surface area contributed by atoms with E-state index in [0.29, 0.717) is 17.7 Å². The Hall–Kier alpha value is -1.03. The number of amides is 1. The van der Waals surface area contributed by atoms with E-state index in [1.165, 1.54) is 5.56 Å². The quantitative estimate of drug-likeness (QED) is 0.792. The molecular formula is C14H20N2OS. The number of aromatic nitrogens is 1. The number of carbonyl (C=O) groups excluding carboxylic acids is 1. The van der Waals surface area contributed by atoms with E-state index in [1.54, 1.807) is 24.2 Å². The van der Waals surface area contributed by atoms with Crippen LogP contribution >= 0.6 is 11.8 Å². The lowest BCUT2D eigenvalue weighted by atomic mass is 10.2. The molecule has 0 aromatic carbocycles. The highest BCUT2D eigenvalue weighted by Gasteiger charge is 2.32. The van der Waals surface area contributed by atoms with Crippen LogP contribution in [0.3, 0.4) is 0 Å². The molecule has 2 rings (SSSR count). The van der Waals surface area contributed by atoms with Crippen LogP contribution in [0, 0.1) is 0 Å². The zero-order valence-electron chi connectivity index (χ0n) is 11.0. The molecular weight excluding hydrogens is 244 g/mol. The average molecular weight is 264 g/mol. The van der Waals surface area contributed by atoms with Crippen LogP contribution in [-0.2, 0) is 11.3 Å². The van der Waals surface area contributed by atoms with Gasteiger partial charge >= 0.3 is 0 Å². The number of carbonyl (C=O) groups is 1. The van der Waals surface area contributed by atoms with Crippen molar-refractivity contribution in [2.45, 2.75) is 44.0 Å². The Labute approximate surface area is 113 Å². The van der Waals surface area contributed by atoms with Crippen molar-refractivity contribution in [3.63, 3.8) is 0 Å². The summed E-state index contributed by atoms with van der Waals surface area (Å²) in [6, 6.07) is 4.45. The summed E-state index contributed by atoms with van der Waals surface area (Å²) in [5.74, 6) is 0.288. The van der Waals surface area contributed by atoms with Crippen molar-refractivity contribution < 1.29 is 4.79 Å². The molecule has 0 N–H and O–H groups in total. The van der Waals surface area contributed by atoms with Crippen molar-refractivity contribution >= 4 is 17.7 Å². The molecule has 1 aromatic heterocycles. The number of rotatable bonds is 6. The van der Waals surface area contributed by atoms with Crippen LogP contribution < -0.4 is 0 Å². The fraction of sp³-hybridized carbons (Fsp3) is 0.571. The second-order valence-corrected chi connectivity index (χ2v) is 6.13. The summed E-state index contributed by atoms with van der Waals surface area (Å²) in [4.78, 5) is 18.4. The van der Waals surface area contributed by atoms with E-state index in [2.05, 4.69) is 18.2 Å². The minimum atomic E-state index is 0.288. The van der Waals surface area contributed by atoms with Crippen LogP contribution in [-0.4, -0.2) is 33.3 Å². The van der Waals surface area contributed by atoms with Crippen LogP contribution in [0.2, 0.25) is 0 Å². The first-order valence-corrected chi connectivity index (χ1v) is 7.70. The first-order chi connectivity index (χ1) is 8.70. The Balaban J connectivity index is 1.98. The van der Waals surface area contributed by atoms with Crippen molar-refractivity contribution in [3.05, 3.63) is 30.1 Å². The standard InChI is InChI=1S/C14H20N2OS/c1-11(18-2)9-14(17)16(13-3-4-13)10-12-5-7-15-8-6-12/h5-8,11,13H,3-4,9-10H2,1-2H3. The van der Waals surface area contributed by atoms with Gasteiger partial charge in [0.15, 0.2) is 0 Å². The molecule has 0 saturated heterocycles. The molecule has 3 nitrogen and oxygen atoms in total. The largest absolute Gasteiger partial charge is 0.335 e. The molecule has 18 heavy (non-hydrogen) atoms. The fourth-order valence-corrected chi connectivity index (χ4v) is 2.25. The molecule has 4 heteroatoms. The third-order valence-corrected chi connectivity index (χ3v) is 4.25. The number of thioether (sulfide) groups is 1. The number of pyridine rings is 1. The number of nitrogens with zero attached hydrogens (tertiary/aromatic N) is 2.